The Morgan fingerprint density at radius 1 is 0.210 bits per heavy atom. The summed E-state index contributed by atoms with van der Waals surface area (Å²) in [6.07, 6.45) is 28.1. The van der Waals surface area contributed by atoms with Crippen LogP contribution in [0.5, 0.6) is 80.5 Å². The second-order valence-corrected chi connectivity index (χ2v) is 32.5. The third-order valence-corrected chi connectivity index (χ3v) is 23.6. The first-order valence-electron chi connectivity index (χ1n) is 45.7. The van der Waals surface area contributed by atoms with E-state index in [1.807, 2.05) is 42.5 Å². The van der Waals surface area contributed by atoms with Crippen molar-refractivity contribution in [3.63, 3.8) is 0 Å². The predicted molar refractivity (Wildman–Crippen MR) is 560 cm³/mol. The zero-order chi connectivity index (χ0) is 94.5. The van der Waals surface area contributed by atoms with Crippen LogP contribution in [0, 0.1) is 27.7 Å². The molecular formula is C114H158O24. The van der Waals surface area contributed by atoms with E-state index in [4.69, 9.17) is 114 Å². The highest BCUT2D eigenvalue weighted by atomic mass is 16.6. The number of allylic oxidation sites excluding steroid dienone is 10. The summed E-state index contributed by atoms with van der Waals surface area (Å²) in [7, 11) is 23.5. The molecule has 0 fully saturated rings. The highest BCUT2D eigenvalue weighted by Crippen LogP contribution is 2.53. The van der Waals surface area contributed by atoms with Crippen molar-refractivity contribution >= 4 is 53.9 Å². The van der Waals surface area contributed by atoms with Gasteiger partial charge in [-0.15, -0.1) is 0 Å². The lowest BCUT2D eigenvalue weighted by molar-refractivity contribution is 0.144. The van der Waals surface area contributed by atoms with Crippen molar-refractivity contribution in [1.82, 2.24) is 0 Å². The number of aryl methyl sites for hydroxylation is 4. The highest BCUT2D eigenvalue weighted by molar-refractivity contribution is 6.04. The number of hydrogen-bond donors (Lipinski definition) is 0. The SMILES string of the molecule is C.C.C.C.C.COCCOc1c2c(c(OCCOC)c3c(C)cc(C)cc13)CC=CC2.COCCOc1c2c(c(OCCOC)c3c(C)cc(OC)cc13)CC=CC2.COCCOc1c2c(c(OCCOC)c3c(OC)cc(C)cc13)CC=CC2.COCCOc1c2c(c(OCCOC)c3c(OC)cc(OC)cc13)CC=CC2.COCCOc1c2c(c(OCCOC)c3ccccc13)CC(C)=CC2. The Balaban J connectivity index is 0.000000262. The standard InChI is InChI=1S/C22H28O6.2C22H28O5.C22H28O4.C21H26O4.5CH4/c1-23-9-11-27-21-16-7-5-6-8-17(16)22(28-12-10-24-2)20-18(21)13-15(25-3)14-19(20)26-4;1-15-13-16(25-4)14-19-20(15)22(27-12-10-24-3)18-8-6-5-7-17(18)21(19)26-11-9-23-2;1-15-13-18-20(19(14-15)25-4)22(27-12-10-24-3)17-8-6-5-7-16(17)21(18)26-11-9-23-2;1-15-13-16(2)20-19(14-15)21(25-11-9-23-3)17-7-5-6-8-18(17)22(20)26-12-10-24-4;1-15-8-9-18-19(14-15)21(25-13-11-23-3)17-7-5-4-6-16(17)20(18)24-12-10-22-2;;;;;/h5-6,13-14H,7-12H2,1-4H3;2*5-6,13-14H,7-12H2,1-4H3;5-6,13-14H,7-12H2,1-4H3;4-8H,9-14H2,1-3H3;5*1H4. The number of ether oxygens (including phenoxy) is 24. The fourth-order valence-corrected chi connectivity index (χ4v) is 17.5. The molecule has 0 saturated carbocycles. The average Bonchev–Trinajstić information content (AvgIpc) is 0.757. The van der Waals surface area contributed by atoms with Crippen molar-refractivity contribution in [2.45, 2.75) is 136 Å². The summed E-state index contributed by atoms with van der Waals surface area (Å²) >= 11 is 0. The van der Waals surface area contributed by atoms with Crippen molar-refractivity contribution < 1.29 is 114 Å². The molecule has 0 heterocycles. The molecule has 758 valence electrons. The van der Waals surface area contributed by atoms with Gasteiger partial charge >= 0.3 is 0 Å². The van der Waals surface area contributed by atoms with Crippen LogP contribution in [0.1, 0.15) is 122 Å². The van der Waals surface area contributed by atoms with E-state index < -0.39 is 0 Å². The predicted octanol–water partition coefficient (Wildman–Crippen LogP) is 22.6. The monoisotopic (exact) mass is 1910 g/mol. The van der Waals surface area contributed by atoms with Crippen LogP contribution in [0.25, 0.3) is 53.9 Å². The van der Waals surface area contributed by atoms with Gasteiger partial charge in [0.2, 0.25) is 0 Å². The van der Waals surface area contributed by atoms with E-state index in [1.54, 1.807) is 99.5 Å². The zero-order valence-electron chi connectivity index (χ0n) is 81.6. The lowest BCUT2D eigenvalue weighted by Crippen LogP contribution is -2.13. The van der Waals surface area contributed by atoms with Crippen LogP contribution in [0.2, 0.25) is 0 Å². The second-order valence-electron chi connectivity index (χ2n) is 32.5. The van der Waals surface area contributed by atoms with Gasteiger partial charge in [-0.2, -0.15) is 0 Å². The molecule has 5 aliphatic rings. The van der Waals surface area contributed by atoms with Gasteiger partial charge in [-0.25, -0.2) is 0 Å². The Hall–Kier alpha value is -11.0. The minimum atomic E-state index is 0. The Morgan fingerprint density at radius 2 is 0.442 bits per heavy atom. The Labute approximate surface area is 822 Å². The van der Waals surface area contributed by atoms with E-state index in [9.17, 15) is 0 Å². The van der Waals surface area contributed by atoms with Crippen LogP contribution in [0.4, 0.5) is 0 Å². The van der Waals surface area contributed by atoms with Crippen molar-refractivity contribution in [2.24, 2.45) is 0 Å². The maximum Gasteiger partial charge on any atom is 0.135 e. The van der Waals surface area contributed by atoms with Crippen molar-refractivity contribution in [2.75, 3.05) is 232 Å². The van der Waals surface area contributed by atoms with E-state index in [0.29, 0.717) is 144 Å². The fraction of sp³-hybridized carbons (Fsp3) is 0.474. The third-order valence-electron chi connectivity index (χ3n) is 23.6. The van der Waals surface area contributed by atoms with Gasteiger partial charge < -0.3 is 114 Å². The van der Waals surface area contributed by atoms with Gasteiger partial charge in [0, 0.05) is 176 Å². The van der Waals surface area contributed by atoms with Gasteiger partial charge in [0.1, 0.15) is 147 Å². The van der Waals surface area contributed by atoms with Gasteiger partial charge in [0.25, 0.3) is 0 Å². The van der Waals surface area contributed by atoms with E-state index in [-0.39, 0.29) is 37.1 Å². The Morgan fingerprint density at radius 3 is 0.746 bits per heavy atom. The van der Waals surface area contributed by atoms with E-state index in [2.05, 4.69) is 120 Å². The normalized spacial score (nSPS) is 12.5. The van der Waals surface area contributed by atoms with Gasteiger partial charge in [-0.05, 0) is 152 Å². The van der Waals surface area contributed by atoms with Crippen LogP contribution in [-0.2, 0) is 112 Å². The summed E-state index contributed by atoms with van der Waals surface area (Å²) in [6, 6.07) is 24.8. The smallest absolute Gasteiger partial charge is 0.135 e. The molecule has 0 saturated heterocycles. The zero-order valence-corrected chi connectivity index (χ0v) is 81.6. The van der Waals surface area contributed by atoms with Crippen molar-refractivity contribution in [3.05, 3.63) is 211 Å². The number of benzene rings is 10. The second kappa shape index (κ2) is 60.1. The molecule has 0 atom stereocenters. The molecule has 138 heavy (non-hydrogen) atoms. The number of rotatable bonds is 44. The van der Waals surface area contributed by atoms with Gasteiger partial charge in [-0.1, -0.05) is 133 Å². The maximum absolute atomic E-state index is 6.22. The van der Waals surface area contributed by atoms with E-state index in [0.717, 1.165) is 215 Å². The summed E-state index contributed by atoms with van der Waals surface area (Å²) in [5.41, 5.74) is 17.9. The quantitative estimate of drug-likeness (QED) is 0.0256. The minimum Gasteiger partial charge on any atom is -0.497 e. The lowest BCUT2D eigenvalue weighted by Gasteiger charge is -2.25. The van der Waals surface area contributed by atoms with E-state index in [1.165, 1.54) is 55.6 Å². The molecule has 5 aliphatic carbocycles. The first-order valence-corrected chi connectivity index (χ1v) is 45.7. The number of methoxy groups -OCH3 is 14. The molecule has 0 radical (unpaired) electrons. The largest absolute Gasteiger partial charge is 0.497 e. The number of fused-ring (bicyclic) bond motifs is 10. The topological polar surface area (TPSA) is 222 Å². The summed E-state index contributed by atoms with van der Waals surface area (Å²) < 4.78 is 136. The van der Waals surface area contributed by atoms with Crippen LogP contribution in [0.3, 0.4) is 0 Å². The van der Waals surface area contributed by atoms with Crippen LogP contribution < -0.4 is 66.3 Å². The molecule has 0 N–H and O–H groups in total. The van der Waals surface area contributed by atoms with Gasteiger partial charge in [-0.3, -0.25) is 0 Å². The lowest BCUT2D eigenvalue weighted by atomic mass is 9.87. The number of hydrogen-bond acceptors (Lipinski definition) is 24. The Bertz CT molecular complexity index is 5640. The third kappa shape index (κ3) is 28.7. The van der Waals surface area contributed by atoms with Gasteiger partial charge in [0.05, 0.1) is 105 Å². The first-order chi connectivity index (χ1) is 65.1. The molecule has 0 aliphatic heterocycles. The molecule has 24 nitrogen and oxygen atoms in total. The Kier molecular flexibility index (Phi) is 50.4. The molecule has 0 unspecified atom stereocenters. The summed E-state index contributed by atoms with van der Waals surface area (Å²) in [6.45, 7) is 21.1. The highest BCUT2D eigenvalue weighted by Gasteiger charge is 2.32. The molecule has 0 bridgehead atoms. The molecule has 10 aromatic carbocycles. The van der Waals surface area contributed by atoms with Crippen molar-refractivity contribution in [3.8, 4) is 80.5 Å². The molecule has 10 aromatic rings. The molecule has 24 heteroatoms. The van der Waals surface area contributed by atoms with Crippen LogP contribution >= 0.6 is 0 Å². The molecule has 0 amide bonds. The summed E-state index contributed by atoms with van der Waals surface area (Å²) in [4.78, 5) is 0. The van der Waals surface area contributed by atoms with Gasteiger partial charge in [0.15, 0.2) is 0 Å². The molecular weight excluding hydrogens is 1750 g/mol. The molecule has 15 rings (SSSR count). The first kappa shape index (κ1) is 116. The van der Waals surface area contributed by atoms with Crippen molar-refractivity contribution in [1.29, 1.82) is 0 Å². The molecule has 0 spiro atoms. The summed E-state index contributed by atoms with van der Waals surface area (Å²) in [5, 5.41) is 10.3. The minimum absolute atomic E-state index is 0. The van der Waals surface area contributed by atoms with Crippen LogP contribution in [-0.4, -0.2) is 232 Å². The fourth-order valence-electron chi connectivity index (χ4n) is 17.5. The van der Waals surface area contributed by atoms with E-state index >= 15 is 0 Å². The summed E-state index contributed by atoms with van der Waals surface area (Å²) in [5.74, 6) is 12.2. The maximum atomic E-state index is 6.22. The molecule has 0 aromatic heterocycles. The van der Waals surface area contributed by atoms with Crippen LogP contribution in [0.15, 0.2) is 133 Å². The average molecular weight is 1910 g/mol.